The van der Waals surface area contributed by atoms with Crippen LogP contribution in [0.2, 0.25) is 0 Å². The number of rotatable bonds is 2. The van der Waals surface area contributed by atoms with Crippen LogP contribution < -0.4 is 9.47 Å². The predicted octanol–water partition coefficient (Wildman–Crippen LogP) is 3.97. The number of methoxy groups -OCH3 is 1. The number of nitrogens with zero attached hydrogens (tertiary/aromatic N) is 2. The van der Waals surface area contributed by atoms with E-state index in [-0.39, 0.29) is 6.04 Å². The van der Waals surface area contributed by atoms with Crippen molar-refractivity contribution in [2.75, 3.05) is 7.11 Å². The molecule has 4 rings (SSSR count). The van der Waals surface area contributed by atoms with Gasteiger partial charge < -0.3 is 9.47 Å². The minimum absolute atomic E-state index is 0.229. The quantitative estimate of drug-likeness (QED) is 0.841. The van der Waals surface area contributed by atoms with Gasteiger partial charge in [0.1, 0.15) is 11.5 Å². The molecule has 0 spiro atoms. The van der Waals surface area contributed by atoms with E-state index in [0.717, 1.165) is 29.2 Å². The van der Waals surface area contributed by atoms with E-state index >= 15 is 0 Å². The lowest BCUT2D eigenvalue weighted by Gasteiger charge is -2.43. The second kappa shape index (κ2) is 5.01. The zero-order valence-electron chi connectivity index (χ0n) is 13.6. The highest BCUT2D eigenvalue weighted by Crippen LogP contribution is 2.46. The Morgan fingerprint density at radius 3 is 2.61 bits per heavy atom. The third kappa shape index (κ3) is 2.25. The molecule has 2 aliphatic heterocycles. The standard InChI is InChI=1S/C19H20N2O2/c1-19(2)21-17(15-6-4-5-7-18(15)23-19)12-16(20-21)13-8-10-14(22-3)11-9-13/h4-11,17H,12H2,1-3H3/t17-/m0/s1. The van der Waals surface area contributed by atoms with E-state index in [1.807, 2.05) is 24.3 Å². The number of para-hydroxylation sites is 1. The summed E-state index contributed by atoms with van der Waals surface area (Å²) in [6.45, 7) is 4.13. The third-order valence-electron chi connectivity index (χ3n) is 4.52. The first-order valence-electron chi connectivity index (χ1n) is 7.88. The summed E-state index contributed by atoms with van der Waals surface area (Å²) in [5, 5.41) is 6.96. The van der Waals surface area contributed by atoms with Gasteiger partial charge in [0.2, 0.25) is 0 Å². The normalized spacial score (nSPS) is 21.1. The minimum atomic E-state index is -0.451. The maximum absolute atomic E-state index is 6.15. The van der Waals surface area contributed by atoms with Crippen LogP contribution in [0, 0.1) is 0 Å². The van der Waals surface area contributed by atoms with Gasteiger partial charge in [-0.1, -0.05) is 18.2 Å². The van der Waals surface area contributed by atoms with Gasteiger partial charge in [-0.05, 0) is 49.7 Å². The minimum Gasteiger partial charge on any atom is -0.497 e. The fourth-order valence-corrected chi connectivity index (χ4v) is 3.37. The van der Waals surface area contributed by atoms with Crippen molar-refractivity contribution in [2.45, 2.75) is 32.0 Å². The van der Waals surface area contributed by atoms with Crippen molar-refractivity contribution in [2.24, 2.45) is 5.10 Å². The van der Waals surface area contributed by atoms with E-state index in [2.05, 4.69) is 43.1 Å². The highest BCUT2D eigenvalue weighted by atomic mass is 16.5. The first kappa shape index (κ1) is 14.1. The maximum Gasteiger partial charge on any atom is 0.192 e. The van der Waals surface area contributed by atoms with E-state index in [9.17, 15) is 0 Å². The Morgan fingerprint density at radius 1 is 1.13 bits per heavy atom. The van der Waals surface area contributed by atoms with Crippen LogP contribution in [0.1, 0.15) is 37.4 Å². The molecule has 0 aliphatic carbocycles. The van der Waals surface area contributed by atoms with Crippen molar-refractivity contribution in [3.63, 3.8) is 0 Å². The third-order valence-corrected chi connectivity index (χ3v) is 4.52. The highest BCUT2D eigenvalue weighted by Gasteiger charge is 2.44. The zero-order chi connectivity index (χ0) is 16.0. The van der Waals surface area contributed by atoms with Crippen LogP contribution in [0.15, 0.2) is 53.6 Å². The molecule has 0 radical (unpaired) electrons. The van der Waals surface area contributed by atoms with Crippen LogP contribution in [0.4, 0.5) is 0 Å². The van der Waals surface area contributed by atoms with Crippen LogP contribution in [0.5, 0.6) is 11.5 Å². The van der Waals surface area contributed by atoms with Gasteiger partial charge >= 0.3 is 0 Å². The lowest BCUT2D eigenvalue weighted by atomic mass is 9.95. The molecule has 2 heterocycles. The summed E-state index contributed by atoms with van der Waals surface area (Å²) in [6.07, 6.45) is 0.885. The smallest absolute Gasteiger partial charge is 0.192 e. The molecule has 2 aliphatic rings. The average molecular weight is 308 g/mol. The number of benzene rings is 2. The van der Waals surface area contributed by atoms with Crippen molar-refractivity contribution in [3.05, 3.63) is 59.7 Å². The Hall–Kier alpha value is -2.49. The van der Waals surface area contributed by atoms with E-state index in [1.165, 1.54) is 5.56 Å². The Labute approximate surface area is 136 Å². The molecule has 0 amide bonds. The molecule has 1 atom stereocenters. The van der Waals surface area contributed by atoms with Crippen LogP contribution in [0.3, 0.4) is 0 Å². The Balaban J connectivity index is 1.72. The van der Waals surface area contributed by atoms with Gasteiger partial charge in [0.15, 0.2) is 5.72 Å². The SMILES string of the molecule is COc1ccc(C2=NN3[C@@H](C2)c2ccccc2OC3(C)C)cc1. The Bertz CT molecular complexity index is 765. The zero-order valence-corrected chi connectivity index (χ0v) is 13.6. The molecule has 0 unspecified atom stereocenters. The summed E-state index contributed by atoms with van der Waals surface area (Å²) >= 11 is 0. The topological polar surface area (TPSA) is 34.1 Å². The average Bonchev–Trinajstić information content (AvgIpc) is 3.01. The van der Waals surface area contributed by atoms with E-state index < -0.39 is 5.72 Å². The predicted molar refractivity (Wildman–Crippen MR) is 89.9 cm³/mol. The number of hydrazone groups is 1. The molecule has 118 valence electrons. The van der Waals surface area contributed by atoms with Gasteiger partial charge in [-0.3, -0.25) is 0 Å². The van der Waals surface area contributed by atoms with Gasteiger partial charge in [-0.15, -0.1) is 0 Å². The first-order chi connectivity index (χ1) is 11.1. The molecule has 0 N–H and O–H groups in total. The molecule has 0 aromatic heterocycles. The van der Waals surface area contributed by atoms with Crippen molar-refractivity contribution in [3.8, 4) is 11.5 Å². The van der Waals surface area contributed by atoms with E-state index in [0.29, 0.717) is 0 Å². The van der Waals surface area contributed by atoms with Gasteiger partial charge in [-0.2, -0.15) is 5.10 Å². The lowest BCUT2D eigenvalue weighted by molar-refractivity contribution is -0.0911. The summed E-state index contributed by atoms with van der Waals surface area (Å²) in [7, 11) is 1.68. The van der Waals surface area contributed by atoms with Crippen LogP contribution in [0.25, 0.3) is 0 Å². The van der Waals surface area contributed by atoms with Crippen molar-refractivity contribution >= 4 is 5.71 Å². The van der Waals surface area contributed by atoms with E-state index in [4.69, 9.17) is 14.6 Å². The molecule has 2 aromatic rings. The highest BCUT2D eigenvalue weighted by molar-refractivity contribution is 6.02. The molecule has 2 aromatic carbocycles. The van der Waals surface area contributed by atoms with Gasteiger partial charge in [0, 0.05) is 12.0 Å². The molecule has 0 fully saturated rings. The van der Waals surface area contributed by atoms with Crippen molar-refractivity contribution in [1.82, 2.24) is 5.01 Å². The first-order valence-corrected chi connectivity index (χ1v) is 7.88. The molecule has 23 heavy (non-hydrogen) atoms. The molecular weight excluding hydrogens is 288 g/mol. The van der Waals surface area contributed by atoms with Crippen molar-refractivity contribution in [1.29, 1.82) is 0 Å². The summed E-state index contributed by atoms with van der Waals surface area (Å²) < 4.78 is 11.4. The second-order valence-corrected chi connectivity index (χ2v) is 6.43. The van der Waals surface area contributed by atoms with Crippen LogP contribution >= 0.6 is 0 Å². The molecule has 0 saturated carbocycles. The fourth-order valence-electron chi connectivity index (χ4n) is 3.37. The van der Waals surface area contributed by atoms with Crippen LogP contribution in [-0.2, 0) is 0 Å². The molecule has 4 nitrogen and oxygen atoms in total. The lowest BCUT2D eigenvalue weighted by Crippen LogP contribution is -2.48. The summed E-state index contributed by atoms with van der Waals surface area (Å²) in [5.41, 5.74) is 2.98. The summed E-state index contributed by atoms with van der Waals surface area (Å²) in [6, 6.07) is 16.6. The molecule has 0 saturated heterocycles. The summed E-state index contributed by atoms with van der Waals surface area (Å²) in [5.74, 6) is 1.82. The maximum atomic E-state index is 6.15. The number of hydrogen-bond donors (Lipinski definition) is 0. The Morgan fingerprint density at radius 2 is 1.87 bits per heavy atom. The van der Waals surface area contributed by atoms with E-state index in [1.54, 1.807) is 7.11 Å². The summed E-state index contributed by atoms with van der Waals surface area (Å²) in [4.78, 5) is 0. The molecule has 4 heteroatoms. The Kier molecular flexibility index (Phi) is 3.08. The monoisotopic (exact) mass is 308 g/mol. The van der Waals surface area contributed by atoms with Crippen LogP contribution in [-0.4, -0.2) is 23.6 Å². The van der Waals surface area contributed by atoms with Crippen molar-refractivity contribution < 1.29 is 9.47 Å². The fraction of sp³-hybridized carbons (Fsp3) is 0.316. The number of hydrogen-bond acceptors (Lipinski definition) is 4. The van der Waals surface area contributed by atoms with Gasteiger partial charge in [0.25, 0.3) is 0 Å². The van der Waals surface area contributed by atoms with Gasteiger partial charge in [0.05, 0.1) is 18.9 Å². The molecular formula is C19H20N2O2. The number of ether oxygens (including phenoxy) is 2. The number of fused-ring (bicyclic) bond motifs is 3. The molecule has 0 bridgehead atoms. The second-order valence-electron chi connectivity index (χ2n) is 6.43. The van der Waals surface area contributed by atoms with Gasteiger partial charge in [-0.25, -0.2) is 5.01 Å². The largest absolute Gasteiger partial charge is 0.497 e.